The topological polar surface area (TPSA) is 27.7 Å². The van der Waals surface area contributed by atoms with Crippen LogP contribution in [-0.2, 0) is 0 Å². The van der Waals surface area contributed by atoms with Gasteiger partial charge in [-0.25, -0.2) is 0 Å². The van der Waals surface area contributed by atoms with Crippen LogP contribution in [0.1, 0.15) is 59.3 Å². The third-order valence-electron chi connectivity index (χ3n) is 3.32. The van der Waals surface area contributed by atoms with Crippen molar-refractivity contribution in [1.82, 2.24) is 0 Å². The van der Waals surface area contributed by atoms with Gasteiger partial charge in [0, 0.05) is 12.1 Å². The van der Waals surface area contributed by atoms with E-state index in [1.54, 1.807) is 0 Å². The van der Waals surface area contributed by atoms with Crippen molar-refractivity contribution in [3.63, 3.8) is 0 Å². The molecule has 0 aromatic heterocycles. The molecule has 0 spiro atoms. The molecule has 0 N–H and O–H groups in total. The van der Waals surface area contributed by atoms with Crippen molar-refractivity contribution in [3.8, 4) is 17.2 Å². The molecule has 0 aliphatic heterocycles. The summed E-state index contributed by atoms with van der Waals surface area (Å²) >= 11 is 0. The molecular formula is C18H30O3P-. The van der Waals surface area contributed by atoms with Gasteiger partial charge in [-0.1, -0.05) is 40.0 Å². The van der Waals surface area contributed by atoms with Gasteiger partial charge in [0.1, 0.15) is 5.75 Å². The van der Waals surface area contributed by atoms with E-state index in [0.29, 0.717) is 13.2 Å². The summed E-state index contributed by atoms with van der Waals surface area (Å²) in [6.45, 7) is 8.61. The van der Waals surface area contributed by atoms with Crippen molar-refractivity contribution < 1.29 is 14.2 Å². The van der Waals surface area contributed by atoms with Crippen LogP contribution in [0.4, 0.5) is 0 Å². The Labute approximate surface area is 137 Å². The summed E-state index contributed by atoms with van der Waals surface area (Å²) in [5.41, 5.74) is 0. The Morgan fingerprint density at radius 3 is 1.55 bits per heavy atom. The fourth-order valence-electron chi connectivity index (χ4n) is 1.86. The molecule has 0 radical (unpaired) electrons. The first kappa shape index (κ1) is 19.1. The summed E-state index contributed by atoms with van der Waals surface area (Å²) in [5, 5.41) is 0.870. The minimum Gasteiger partial charge on any atom is -0.517 e. The van der Waals surface area contributed by atoms with E-state index < -0.39 is 0 Å². The molecule has 0 aliphatic carbocycles. The molecule has 0 aliphatic rings. The van der Waals surface area contributed by atoms with E-state index in [-0.39, 0.29) is 0 Å². The number of benzene rings is 1. The highest BCUT2D eigenvalue weighted by atomic mass is 31.0. The van der Waals surface area contributed by atoms with Crippen LogP contribution in [0.25, 0.3) is 0 Å². The molecule has 0 saturated carbocycles. The number of ether oxygens (including phenoxy) is 3. The molecule has 0 bridgehead atoms. The molecule has 1 aromatic rings. The molecule has 0 atom stereocenters. The van der Waals surface area contributed by atoms with Crippen molar-refractivity contribution >= 4 is 14.5 Å². The minimum atomic E-state index is 0.709. The van der Waals surface area contributed by atoms with E-state index >= 15 is 0 Å². The van der Waals surface area contributed by atoms with Crippen molar-refractivity contribution in [2.24, 2.45) is 0 Å². The van der Waals surface area contributed by atoms with Gasteiger partial charge >= 0.3 is 0 Å². The molecule has 1 rings (SSSR count). The van der Waals surface area contributed by atoms with E-state index in [9.17, 15) is 0 Å². The molecule has 0 saturated heterocycles. The monoisotopic (exact) mass is 325 g/mol. The van der Waals surface area contributed by atoms with E-state index in [4.69, 9.17) is 14.2 Å². The quantitative estimate of drug-likeness (QED) is 0.400. The average Bonchev–Trinajstić information content (AvgIpc) is 2.52. The molecule has 126 valence electrons. The molecule has 3 nitrogen and oxygen atoms in total. The van der Waals surface area contributed by atoms with Crippen LogP contribution in [-0.4, -0.2) is 19.8 Å². The average molecular weight is 325 g/mol. The molecule has 0 fully saturated rings. The van der Waals surface area contributed by atoms with E-state index in [0.717, 1.165) is 67.7 Å². The summed E-state index contributed by atoms with van der Waals surface area (Å²) in [7, 11) is 3.65. The molecule has 4 heteroatoms. The third-order valence-corrected chi connectivity index (χ3v) is 3.81. The van der Waals surface area contributed by atoms with Crippen LogP contribution in [0.15, 0.2) is 12.1 Å². The highest BCUT2D eigenvalue weighted by Gasteiger charge is 2.06. The normalized spacial score (nSPS) is 10.5. The van der Waals surface area contributed by atoms with Gasteiger partial charge in [0.25, 0.3) is 0 Å². The Bertz CT molecular complexity index is 390. The van der Waals surface area contributed by atoms with Gasteiger partial charge in [-0.3, -0.25) is 0 Å². The van der Waals surface area contributed by atoms with Gasteiger partial charge in [0.15, 0.2) is 0 Å². The Hall–Kier alpha value is -0.950. The second-order valence-corrected chi connectivity index (χ2v) is 5.90. The van der Waals surface area contributed by atoms with Gasteiger partial charge in [-0.15, -0.1) is 5.30 Å². The number of hydrogen-bond donors (Lipinski definition) is 0. The fourth-order valence-corrected chi connectivity index (χ4v) is 2.15. The van der Waals surface area contributed by atoms with Crippen molar-refractivity contribution in [1.29, 1.82) is 0 Å². The summed E-state index contributed by atoms with van der Waals surface area (Å²) < 4.78 is 17.5. The Morgan fingerprint density at radius 1 is 0.727 bits per heavy atom. The van der Waals surface area contributed by atoms with Gasteiger partial charge in [-0.2, -0.15) is 0 Å². The number of unbranched alkanes of at least 4 members (excludes halogenated alkanes) is 3. The zero-order valence-electron chi connectivity index (χ0n) is 14.2. The second-order valence-electron chi connectivity index (χ2n) is 5.40. The maximum Gasteiger partial charge on any atom is 0.126 e. The first-order valence-electron chi connectivity index (χ1n) is 8.50. The van der Waals surface area contributed by atoms with Crippen LogP contribution >= 0.6 is 9.24 Å². The largest absolute Gasteiger partial charge is 0.517 e. The smallest absolute Gasteiger partial charge is 0.126 e. The van der Waals surface area contributed by atoms with E-state index in [1.165, 1.54) is 0 Å². The molecule has 0 unspecified atom stereocenters. The lowest BCUT2D eigenvalue weighted by Gasteiger charge is -2.21. The molecular weight excluding hydrogens is 295 g/mol. The van der Waals surface area contributed by atoms with Crippen LogP contribution in [0, 0.1) is 0 Å². The predicted molar refractivity (Wildman–Crippen MR) is 95.6 cm³/mol. The summed E-state index contributed by atoms with van der Waals surface area (Å²) in [6.07, 6.45) is 6.48. The molecule has 0 heterocycles. The first-order valence-corrected chi connectivity index (χ1v) is 9.00. The molecule has 22 heavy (non-hydrogen) atoms. The first-order chi connectivity index (χ1) is 10.7. The summed E-state index contributed by atoms with van der Waals surface area (Å²) in [4.78, 5) is 0. The lowest BCUT2D eigenvalue weighted by Crippen LogP contribution is -2.10. The van der Waals surface area contributed by atoms with Crippen LogP contribution in [0.3, 0.4) is 0 Å². The van der Waals surface area contributed by atoms with Crippen molar-refractivity contribution in [2.75, 3.05) is 19.8 Å². The van der Waals surface area contributed by atoms with Crippen LogP contribution < -0.4 is 19.5 Å². The second kappa shape index (κ2) is 11.6. The maximum absolute atomic E-state index is 5.86. The van der Waals surface area contributed by atoms with E-state index in [2.05, 4.69) is 30.0 Å². The zero-order chi connectivity index (χ0) is 16.2. The van der Waals surface area contributed by atoms with Gasteiger partial charge in [-0.05, 0) is 19.3 Å². The molecule has 0 amide bonds. The lowest BCUT2D eigenvalue weighted by molar-refractivity contribution is 0.283. The van der Waals surface area contributed by atoms with Crippen LogP contribution in [0.2, 0.25) is 0 Å². The number of hydrogen-bond acceptors (Lipinski definition) is 3. The van der Waals surface area contributed by atoms with Gasteiger partial charge in [0.05, 0.1) is 31.3 Å². The number of rotatable bonds is 12. The van der Waals surface area contributed by atoms with Gasteiger partial charge < -0.3 is 23.5 Å². The third kappa shape index (κ3) is 6.87. The van der Waals surface area contributed by atoms with E-state index in [1.807, 2.05) is 12.1 Å². The zero-order valence-corrected chi connectivity index (χ0v) is 15.2. The summed E-state index contributed by atoms with van der Waals surface area (Å²) in [6, 6.07) is 3.89. The molecule has 1 aromatic carbocycles. The minimum absolute atomic E-state index is 0.709. The lowest BCUT2D eigenvalue weighted by atomic mass is 10.3. The van der Waals surface area contributed by atoms with Gasteiger partial charge in [0.2, 0.25) is 0 Å². The fraction of sp³-hybridized carbons (Fsp3) is 0.667. The van der Waals surface area contributed by atoms with Crippen molar-refractivity contribution in [2.45, 2.75) is 59.3 Å². The van der Waals surface area contributed by atoms with Crippen LogP contribution in [0.5, 0.6) is 17.2 Å². The Kier molecular flexibility index (Phi) is 10.1. The standard InChI is InChI=1S/C18H30O3P/c1-4-7-10-19-15-13-16(20-11-8-5-2)18(22)17(14-15)21-12-9-6-3/h13-14,22H,4-12H2,1-3H3/q-1. The SMILES string of the molecule is CCCCOc1cc(OCCCC)c([PH-])c(OCCCC)c1. The summed E-state index contributed by atoms with van der Waals surface area (Å²) in [5.74, 6) is 2.41. The highest BCUT2D eigenvalue weighted by molar-refractivity contribution is 7.28. The predicted octanol–water partition coefficient (Wildman–Crippen LogP) is 4.99. The highest BCUT2D eigenvalue weighted by Crippen LogP contribution is 2.28. The Morgan fingerprint density at radius 2 is 1.14 bits per heavy atom. The maximum atomic E-state index is 5.86. The Balaban J connectivity index is 2.81. The van der Waals surface area contributed by atoms with Crippen molar-refractivity contribution in [3.05, 3.63) is 12.1 Å².